The zero-order valence-corrected chi connectivity index (χ0v) is 15.1. The fraction of sp³-hybridized carbons (Fsp3) is 0.950. The van der Waals surface area contributed by atoms with Gasteiger partial charge in [0.1, 0.15) is 5.78 Å². The van der Waals surface area contributed by atoms with E-state index in [1.54, 1.807) is 0 Å². The predicted octanol–water partition coefficient (Wildman–Crippen LogP) is 3.18. The van der Waals surface area contributed by atoms with E-state index in [4.69, 9.17) is 0 Å². The van der Waals surface area contributed by atoms with E-state index in [0.29, 0.717) is 24.0 Å². The number of carbonyl (C=O) groups is 1. The van der Waals surface area contributed by atoms with Crippen LogP contribution in [0.1, 0.15) is 66.2 Å². The first-order valence-corrected chi connectivity index (χ1v) is 9.47. The summed E-state index contributed by atoms with van der Waals surface area (Å²) in [4.78, 5) is 12.9. The SMILES string of the molecule is C[C@H]1[C@H](O)CC(=O)[C@]2(C)CC[C@H]3[C@@H]4[C@@](C)(CO)CC[C@]4(C)C[C@]132. The van der Waals surface area contributed by atoms with Crippen LogP contribution in [0, 0.1) is 39.4 Å². The van der Waals surface area contributed by atoms with Gasteiger partial charge in [0, 0.05) is 18.4 Å². The molecule has 130 valence electrons. The Labute approximate surface area is 139 Å². The predicted molar refractivity (Wildman–Crippen MR) is 88.7 cm³/mol. The van der Waals surface area contributed by atoms with E-state index in [1.165, 1.54) is 0 Å². The van der Waals surface area contributed by atoms with E-state index >= 15 is 0 Å². The van der Waals surface area contributed by atoms with Gasteiger partial charge in [-0.05, 0) is 66.1 Å². The lowest BCUT2D eigenvalue weighted by Gasteiger charge is -2.54. The fourth-order valence-electron chi connectivity index (χ4n) is 8.21. The molecule has 3 heteroatoms. The zero-order chi connectivity index (χ0) is 16.8. The zero-order valence-electron chi connectivity index (χ0n) is 15.1. The minimum Gasteiger partial charge on any atom is -0.396 e. The molecular formula is C20H32O3. The number of Topliss-reactive ketones (excluding diaryl/α,β-unsaturated/α-hetero) is 1. The molecule has 0 aromatic carbocycles. The molecule has 0 aromatic heterocycles. The maximum Gasteiger partial charge on any atom is 0.141 e. The summed E-state index contributed by atoms with van der Waals surface area (Å²) in [7, 11) is 0. The number of carbonyl (C=O) groups excluding carboxylic acids is 1. The fourth-order valence-corrected chi connectivity index (χ4v) is 8.21. The molecule has 0 saturated heterocycles. The van der Waals surface area contributed by atoms with Crippen LogP contribution < -0.4 is 0 Å². The monoisotopic (exact) mass is 320 g/mol. The number of rotatable bonds is 1. The summed E-state index contributed by atoms with van der Waals surface area (Å²) >= 11 is 0. The number of ketones is 1. The van der Waals surface area contributed by atoms with Gasteiger partial charge in [-0.1, -0.05) is 27.7 Å². The smallest absolute Gasteiger partial charge is 0.141 e. The molecule has 0 aromatic rings. The average Bonchev–Trinajstić information content (AvgIpc) is 3.03. The summed E-state index contributed by atoms with van der Waals surface area (Å²) in [5.41, 5.74) is -0.118. The molecule has 0 amide bonds. The van der Waals surface area contributed by atoms with E-state index in [9.17, 15) is 15.0 Å². The van der Waals surface area contributed by atoms with Gasteiger partial charge in [0.05, 0.1) is 6.10 Å². The lowest BCUT2D eigenvalue weighted by molar-refractivity contribution is -0.159. The van der Waals surface area contributed by atoms with Crippen molar-refractivity contribution in [3.63, 3.8) is 0 Å². The van der Waals surface area contributed by atoms with E-state index < -0.39 is 6.10 Å². The largest absolute Gasteiger partial charge is 0.396 e. The van der Waals surface area contributed by atoms with Crippen LogP contribution in [0.2, 0.25) is 0 Å². The van der Waals surface area contributed by atoms with Crippen molar-refractivity contribution < 1.29 is 15.0 Å². The number of hydrogen-bond acceptors (Lipinski definition) is 3. The third-order valence-corrected chi connectivity index (χ3v) is 9.27. The van der Waals surface area contributed by atoms with Crippen molar-refractivity contribution in [2.75, 3.05) is 6.61 Å². The standard InChI is InChI=1S/C20H32O3/c1-12-14(22)9-15(23)19(4)6-5-13-16-17(2,10-20(12,13)19)7-8-18(16,3)11-21/h12-14,16,21-22H,5-11H2,1-4H3/t12-,13-,14+,16-,17+,18+,19-,20-/m0/s1. The normalized spacial score (nSPS) is 61.4. The first kappa shape index (κ1) is 16.1. The molecule has 3 nitrogen and oxygen atoms in total. The molecule has 0 radical (unpaired) electrons. The average molecular weight is 320 g/mol. The van der Waals surface area contributed by atoms with Gasteiger partial charge in [-0.15, -0.1) is 0 Å². The van der Waals surface area contributed by atoms with Crippen molar-refractivity contribution in [1.29, 1.82) is 0 Å². The van der Waals surface area contributed by atoms with Gasteiger partial charge in [-0.2, -0.15) is 0 Å². The van der Waals surface area contributed by atoms with E-state index in [0.717, 1.165) is 32.1 Å². The Morgan fingerprint density at radius 1 is 1.17 bits per heavy atom. The highest BCUT2D eigenvalue weighted by atomic mass is 16.3. The van der Waals surface area contributed by atoms with Crippen LogP contribution >= 0.6 is 0 Å². The Bertz CT molecular complexity index is 559. The Morgan fingerprint density at radius 2 is 1.87 bits per heavy atom. The van der Waals surface area contributed by atoms with Gasteiger partial charge in [0.2, 0.25) is 0 Å². The van der Waals surface area contributed by atoms with Crippen LogP contribution in [-0.4, -0.2) is 28.7 Å². The maximum atomic E-state index is 12.9. The first-order chi connectivity index (χ1) is 10.6. The van der Waals surface area contributed by atoms with E-state index in [1.807, 2.05) is 0 Å². The van der Waals surface area contributed by atoms with Crippen molar-refractivity contribution in [1.82, 2.24) is 0 Å². The molecule has 0 aliphatic heterocycles. The Morgan fingerprint density at radius 3 is 2.52 bits per heavy atom. The molecule has 23 heavy (non-hydrogen) atoms. The number of aliphatic hydroxyl groups is 2. The molecule has 1 spiro atoms. The quantitative estimate of drug-likeness (QED) is 0.780. The molecule has 8 atom stereocenters. The lowest BCUT2D eigenvalue weighted by atomic mass is 9.49. The van der Waals surface area contributed by atoms with Gasteiger partial charge in [-0.3, -0.25) is 4.79 Å². The first-order valence-electron chi connectivity index (χ1n) is 9.47. The van der Waals surface area contributed by atoms with E-state index in [2.05, 4.69) is 27.7 Å². The van der Waals surface area contributed by atoms with Crippen LogP contribution in [0.15, 0.2) is 0 Å². The van der Waals surface area contributed by atoms with Gasteiger partial charge < -0.3 is 10.2 Å². The van der Waals surface area contributed by atoms with Gasteiger partial charge in [0.15, 0.2) is 0 Å². The second-order valence-corrected chi connectivity index (χ2v) is 10.1. The van der Waals surface area contributed by atoms with Crippen molar-refractivity contribution in [3.8, 4) is 0 Å². The summed E-state index contributed by atoms with van der Waals surface area (Å²) in [5, 5.41) is 20.7. The lowest BCUT2D eigenvalue weighted by Crippen LogP contribution is -2.56. The maximum absolute atomic E-state index is 12.9. The third-order valence-electron chi connectivity index (χ3n) is 9.27. The summed E-state index contributed by atoms with van der Waals surface area (Å²) < 4.78 is 0. The summed E-state index contributed by atoms with van der Waals surface area (Å²) in [6.45, 7) is 9.28. The van der Waals surface area contributed by atoms with Crippen LogP contribution in [0.3, 0.4) is 0 Å². The van der Waals surface area contributed by atoms with Crippen molar-refractivity contribution in [2.24, 2.45) is 39.4 Å². The number of fused-ring (bicyclic) bond motifs is 2. The second kappa shape index (κ2) is 4.40. The molecule has 0 unspecified atom stereocenters. The summed E-state index contributed by atoms with van der Waals surface area (Å²) in [5.74, 6) is 1.44. The Hall–Kier alpha value is -0.410. The molecule has 4 fully saturated rings. The van der Waals surface area contributed by atoms with E-state index in [-0.39, 0.29) is 34.2 Å². The molecule has 0 heterocycles. The summed E-state index contributed by atoms with van der Waals surface area (Å²) in [6.07, 6.45) is 5.23. The topological polar surface area (TPSA) is 57.5 Å². The summed E-state index contributed by atoms with van der Waals surface area (Å²) in [6, 6.07) is 0. The number of aliphatic hydroxyl groups excluding tert-OH is 2. The van der Waals surface area contributed by atoms with Crippen molar-refractivity contribution in [2.45, 2.75) is 72.3 Å². The molecule has 0 bridgehead atoms. The van der Waals surface area contributed by atoms with Gasteiger partial charge in [0.25, 0.3) is 0 Å². The molecule has 4 aliphatic carbocycles. The molecule has 4 aliphatic rings. The second-order valence-electron chi connectivity index (χ2n) is 10.1. The Kier molecular flexibility index (Phi) is 3.08. The molecule has 2 N–H and O–H groups in total. The minimum absolute atomic E-state index is 0.0145. The highest BCUT2D eigenvalue weighted by Crippen LogP contribution is 2.80. The highest BCUT2D eigenvalue weighted by Gasteiger charge is 2.76. The third kappa shape index (κ3) is 1.57. The number of hydrogen-bond donors (Lipinski definition) is 2. The van der Waals surface area contributed by atoms with Gasteiger partial charge in [-0.25, -0.2) is 0 Å². The molecule has 4 rings (SSSR count). The highest BCUT2D eigenvalue weighted by molar-refractivity contribution is 5.87. The molecular weight excluding hydrogens is 288 g/mol. The van der Waals surface area contributed by atoms with Crippen molar-refractivity contribution in [3.05, 3.63) is 0 Å². The molecule has 4 saturated carbocycles. The van der Waals surface area contributed by atoms with Crippen molar-refractivity contribution >= 4 is 5.78 Å². The van der Waals surface area contributed by atoms with Gasteiger partial charge >= 0.3 is 0 Å². The van der Waals surface area contributed by atoms with Crippen LogP contribution in [0.4, 0.5) is 0 Å². The minimum atomic E-state index is -0.487. The Balaban J connectivity index is 1.88. The van der Waals surface area contributed by atoms with Crippen LogP contribution in [0.5, 0.6) is 0 Å². The van der Waals surface area contributed by atoms with Crippen LogP contribution in [0.25, 0.3) is 0 Å². The van der Waals surface area contributed by atoms with Crippen LogP contribution in [-0.2, 0) is 4.79 Å².